The number of likely N-dealkylation sites (tertiary alicyclic amines) is 1. The minimum atomic E-state index is -1.39. The lowest BCUT2D eigenvalue weighted by Crippen LogP contribution is -2.45. The Balaban J connectivity index is 1.98. The molecule has 2 rings (SSSR count). The zero-order valence-electron chi connectivity index (χ0n) is 39.4. The lowest BCUT2D eigenvalue weighted by atomic mass is 9.90. The molecule has 21 heteroatoms. The van der Waals surface area contributed by atoms with Crippen LogP contribution in [0.3, 0.4) is 0 Å². The molecule has 2 aliphatic heterocycles. The summed E-state index contributed by atoms with van der Waals surface area (Å²) in [6.45, 7) is 7.02. The van der Waals surface area contributed by atoms with E-state index in [9.17, 15) is 67.7 Å². The van der Waals surface area contributed by atoms with Gasteiger partial charge in [0.1, 0.15) is 5.78 Å². The Morgan fingerprint density at radius 3 is 2.03 bits per heavy atom. The zero-order valence-corrected chi connectivity index (χ0v) is 39.4. The van der Waals surface area contributed by atoms with Gasteiger partial charge in [0.15, 0.2) is 23.1 Å². The first-order valence-electron chi connectivity index (χ1n) is 23.5. The maximum atomic E-state index is 13.5. The molecule has 10 N–H and O–H groups in total. The second-order valence-electron chi connectivity index (χ2n) is 18.4. The number of aliphatic hydroxyl groups is 1. The fourth-order valence-corrected chi connectivity index (χ4v) is 8.39. The second-order valence-corrected chi connectivity index (χ2v) is 18.4. The average Bonchev–Trinajstić information content (AvgIpc) is 3.93. The topological polar surface area (TPSA) is 349 Å². The minimum Gasteiger partial charge on any atom is -0.481 e. The standard InChI is InChI=1S/C46H73N7O14/c1-5-6-7-9-28(46(66)67)20-39(59)35-10-8-17-53(35)43(63)16-13-36(56)27(4)51-45(65)29(18-26(2)3)19-31(54)25-50-44(64)30(22-41(48)61)21-38(58)33(11-14-40(47)60)52-42(62)15-12-37(57)34-23-32(55)24-49-34/h26-30,32-35,49,55H,5-25H2,1-4H3,(H2,47,60)(H2,48,61)(H,50,64)(H,51,65)(H,52,62)(H,66,67)/t27-,28+,29+,30-,32+,33-,34-,35-/m0/s1. The number of aliphatic hydroxyl groups excluding tert-OH is 1. The van der Waals surface area contributed by atoms with Crippen LogP contribution in [-0.2, 0) is 57.5 Å². The Morgan fingerprint density at radius 1 is 0.731 bits per heavy atom. The van der Waals surface area contributed by atoms with E-state index in [0.29, 0.717) is 32.2 Å². The molecule has 0 spiro atoms. The van der Waals surface area contributed by atoms with E-state index < -0.39 is 126 Å². The number of aliphatic carboxylic acids is 1. The van der Waals surface area contributed by atoms with Crippen LogP contribution in [0.25, 0.3) is 0 Å². The number of rotatable bonds is 34. The molecule has 2 fully saturated rings. The summed E-state index contributed by atoms with van der Waals surface area (Å²) in [6, 6.07) is -3.75. The van der Waals surface area contributed by atoms with Gasteiger partial charge >= 0.3 is 5.97 Å². The third-order valence-corrected chi connectivity index (χ3v) is 12.1. The van der Waals surface area contributed by atoms with Gasteiger partial charge in [-0.3, -0.25) is 57.5 Å². The highest BCUT2D eigenvalue weighted by Gasteiger charge is 2.37. The Kier molecular flexibility index (Phi) is 25.3. The first-order valence-corrected chi connectivity index (χ1v) is 23.5. The van der Waals surface area contributed by atoms with Gasteiger partial charge in [0.05, 0.1) is 48.7 Å². The van der Waals surface area contributed by atoms with Crippen molar-refractivity contribution >= 4 is 70.3 Å². The lowest BCUT2D eigenvalue weighted by molar-refractivity contribution is -0.145. The summed E-state index contributed by atoms with van der Waals surface area (Å²) in [5.74, 6) is -11.1. The molecular formula is C46H73N7O14. The molecule has 2 aliphatic rings. The molecule has 0 aromatic heterocycles. The number of amides is 6. The Hall–Kier alpha value is -5.44. The Labute approximate surface area is 391 Å². The molecule has 0 unspecified atom stereocenters. The lowest BCUT2D eigenvalue weighted by Gasteiger charge is -2.25. The largest absolute Gasteiger partial charge is 0.481 e. The van der Waals surface area contributed by atoms with Crippen molar-refractivity contribution in [1.82, 2.24) is 26.2 Å². The summed E-state index contributed by atoms with van der Waals surface area (Å²) in [4.78, 5) is 155. The molecule has 0 aromatic rings. The zero-order chi connectivity index (χ0) is 50.4. The van der Waals surface area contributed by atoms with Crippen molar-refractivity contribution in [2.45, 2.75) is 174 Å². The van der Waals surface area contributed by atoms with Crippen LogP contribution in [-0.4, -0.2) is 135 Å². The molecule has 2 heterocycles. The van der Waals surface area contributed by atoms with Gasteiger partial charge in [0.25, 0.3) is 0 Å². The summed E-state index contributed by atoms with van der Waals surface area (Å²) in [7, 11) is 0. The van der Waals surface area contributed by atoms with Crippen LogP contribution in [0.1, 0.15) is 143 Å². The molecular weight excluding hydrogens is 875 g/mol. The number of ketones is 5. The molecule has 0 bridgehead atoms. The number of nitrogens with two attached hydrogens (primary N) is 2. The smallest absolute Gasteiger partial charge is 0.306 e. The molecule has 21 nitrogen and oxygen atoms in total. The highest BCUT2D eigenvalue weighted by Crippen LogP contribution is 2.25. The van der Waals surface area contributed by atoms with Crippen molar-refractivity contribution < 1.29 is 67.7 Å². The Morgan fingerprint density at radius 2 is 1.43 bits per heavy atom. The summed E-state index contributed by atoms with van der Waals surface area (Å²) in [5.41, 5.74) is 10.6. The fourth-order valence-electron chi connectivity index (χ4n) is 8.39. The number of carbonyl (C=O) groups excluding carboxylic acids is 11. The van der Waals surface area contributed by atoms with Gasteiger partial charge in [-0.25, -0.2) is 0 Å². The molecule has 2 saturated heterocycles. The van der Waals surface area contributed by atoms with Crippen LogP contribution in [0, 0.1) is 23.7 Å². The molecule has 376 valence electrons. The van der Waals surface area contributed by atoms with Crippen molar-refractivity contribution in [2.24, 2.45) is 35.1 Å². The monoisotopic (exact) mass is 948 g/mol. The van der Waals surface area contributed by atoms with Crippen molar-refractivity contribution in [3.63, 3.8) is 0 Å². The van der Waals surface area contributed by atoms with Crippen LogP contribution >= 0.6 is 0 Å². The number of nitrogens with one attached hydrogen (secondary N) is 4. The summed E-state index contributed by atoms with van der Waals surface area (Å²) in [6.07, 6.45) is 0.178. The average molecular weight is 948 g/mol. The molecule has 0 radical (unpaired) electrons. The first kappa shape index (κ1) is 57.7. The van der Waals surface area contributed by atoms with Gasteiger partial charge in [0.2, 0.25) is 35.4 Å². The number of hydrogen-bond acceptors (Lipinski definition) is 14. The minimum absolute atomic E-state index is 0.0761. The molecule has 6 amide bonds. The second kappa shape index (κ2) is 29.3. The summed E-state index contributed by atoms with van der Waals surface area (Å²) in [5, 5.41) is 29.6. The summed E-state index contributed by atoms with van der Waals surface area (Å²) < 4.78 is 0. The van der Waals surface area contributed by atoms with Crippen LogP contribution in [0.15, 0.2) is 0 Å². The first-order chi connectivity index (χ1) is 31.5. The number of carboxylic acids is 1. The normalized spacial score (nSPS) is 19.1. The highest BCUT2D eigenvalue weighted by molar-refractivity contribution is 5.98. The van der Waals surface area contributed by atoms with E-state index in [1.165, 1.54) is 11.8 Å². The highest BCUT2D eigenvalue weighted by atomic mass is 16.4. The van der Waals surface area contributed by atoms with E-state index in [4.69, 9.17) is 11.5 Å². The van der Waals surface area contributed by atoms with Crippen molar-refractivity contribution in [2.75, 3.05) is 19.6 Å². The predicted molar refractivity (Wildman–Crippen MR) is 241 cm³/mol. The third-order valence-electron chi connectivity index (χ3n) is 12.1. The number of carboxylic acid groups (broad SMARTS) is 1. The third kappa shape index (κ3) is 21.4. The van der Waals surface area contributed by atoms with E-state index in [2.05, 4.69) is 21.3 Å². The number of hydrogen-bond donors (Lipinski definition) is 8. The van der Waals surface area contributed by atoms with Crippen LogP contribution in [0.5, 0.6) is 0 Å². The van der Waals surface area contributed by atoms with E-state index in [0.717, 1.165) is 12.8 Å². The molecule has 67 heavy (non-hydrogen) atoms. The van der Waals surface area contributed by atoms with Crippen LogP contribution < -0.4 is 32.7 Å². The summed E-state index contributed by atoms with van der Waals surface area (Å²) >= 11 is 0. The number of β-amino-alcohol motifs (C(OH)–C–C–N with tert-alkyl or cyclic N) is 1. The molecule has 8 atom stereocenters. The molecule has 0 saturated carbocycles. The van der Waals surface area contributed by atoms with Gasteiger partial charge in [-0.05, 0) is 51.4 Å². The number of unbranched alkanes of at least 4 members (excludes halogenated alkanes) is 2. The van der Waals surface area contributed by atoms with Crippen LogP contribution in [0.2, 0.25) is 0 Å². The quantitative estimate of drug-likeness (QED) is 0.0396. The van der Waals surface area contributed by atoms with Crippen molar-refractivity contribution in [3.05, 3.63) is 0 Å². The van der Waals surface area contributed by atoms with Crippen molar-refractivity contribution in [1.29, 1.82) is 0 Å². The number of carbonyl (C=O) groups is 12. The maximum absolute atomic E-state index is 13.5. The van der Waals surface area contributed by atoms with E-state index in [1.807, 2.05) is 20.8 Å². The molecule has 0 aliphatic carbocycles. The molecule has 0 aromatic carbocycles. The van der Waals surface area contributed by atoms with Gasteiger partial charge in [-0.15, -0.1) is 0 Å². The van der Waals surface area contributed by atoms with E-state index in [-0.39, 0.29) is 88.2 Å². The Bertz CT molecular complexity index is 1800. The van der Waals surface area contributed by atoms with Crippen LogP contribution in [0.4, 0.5) is 0 Å². The number of nitrogens with zero attached hydrogens (tertiary/aromatic N) is 1. The van der Waals surface area contributed by atoms with E-state index >= 15 is 0 Å². The SMILES string of the molecule is CCCCC[C@H](CC(=O)[C@@H]1CCCN1C(=O)CCC(=O)[C@H](C)NC(=O)[C@@H](CC(=O)CNC(=O)[C@H](CC(N)=O)CC(=O)[C@H](CCC(N)=O)NC(=O)CCC(=O)[C@@H]1C[C@@H](O)CN1)CC(C)C)C(=O)O. The predicted octanol–water partition coefficient (Wildman–Crippen LogP) is 0.0826. The van der Waals surface area contributed by atoms with Gasteiger partial charge in [0, 0.05) is 76.8 Å². The van der Waals surface area contributed by atoms with Gasteiger partial charge < -0.3 is 47.8 Å². The fraction of sp³-hybridized carbons (Fsp3) is 0.739. The maximum Gasteiger partial charge on any atom is 0.306 e. The number of primary amides is 2. The van der Waals surface area contributed by atoms with Gasteiger partial charge in [-0.2, -0.15) is 0 Å². The van der Waals surface area contributed by atoms with Crippen molar-refractivity contribution in [3.8, 4) is 0 Å². The van der Waals surface area contributed by atoms with E-state index in [1.54, 1.807) is 0 Å². The van der Waals surface area contributed by atoms with Gasteiger partial charge in [-0.1, -0.05) is 40.0 Å². The number of Topliss-reactive ketones (excluding diaryl/α,β-unsaturated/α-hetero) is 5.